The first-order valence-electron chi connectivity index (χ1n) is 9.37. The largest absolute Gasteiger partial charge is 0.492 e. The highest BCUT2D eigenvalue weighted by molar-refractivity contribution is 6.23. The van der Waals surface area contributed by atoms with Crippen LogP contribution in [0.1, 0.15) is 27.6 Å². The van der Waals surface area contributed by atoms with E-state index in [2.05, 4.69) is 15.4 Å². The van der Waals surface area contributed by atoms with Gasteiger partial charge in [-0.1, -0.05) is 18.2 Å². The summed E-state index contributed by atoms with van der Waals surface area (Å²) in [5.74, 6) is -0.836. The van der Waals surface area contributed by atoms with Crippen LogP contribution < -0.4 is 10.1 Å². The van der Waals surface area contributed by atoms with E-state index in [0.29, 0.717) is 35.7 Å². The lowest BCUT2D eigenvalue weighted by molar-refractivity contribution is -0.119. The average Bonchev–Trinajstić information content (AvgIpc) is 3.35. The monoisotopic (exact) mass is 405 g/mol. The number of carbonyl (C=O) groups is 3. The van der Waals surface area contributed by atoms with Gasteiger partial charge in [0.15, 0.2) is 0 Å². The summed E-state index contributed by atoms with van der Waals surface area (Å²) in [5.41, 5.74) is 1.12. The Hall–Kier alpha value is -4.01. The fourth-order valence-electron chi connectivity index (χ4n) is 3.19. The van der Waals surface area contributed by atoms with E-state index in [0.717, 1.165) is 4.90 Å². The van der Waals surface area contributed by atoms with Crippen molar-refractivity contribution in [3.05, 3.63) is 72.3 Å². The van der Waals surface area contributed by atoms with E-state index in [-0.39, 0.29) is 0 Å². The first kappa shape index (κ1) is 19.3. The van der Waals surface area contributed by atoms with Gasteiger partial charge in [-0.25, -0.2) is 9.67 Å². The molecule has 152 valence electrons. The molecule has 0 saturated heterocycles. The molecule has 0 spiro atoms. The van der Waals surface area contributed by atoms with Crippen LogP contribution in [-0.2, 0) is 11.3 Å². The first-order valence-corrected chi connectivity index (χ1v) is 9.37. The van der Waals surface area contributed by atoms with Crippen molar-refractivity contribution < 1.29 is 19.1 Å². The van der Waals surface area contributed by atoms with Gasteiger partial charge in [-0.3, -0.25) is 19.3 Å². The van der Waals surface area contributed by atoms with Crippen LogP contribution in [-0.4, -0.2) is 50.0 Å². The van der Waals surface area contributed by atoms with E-state index >= 15 is 0 Å². The van der Waals surface area contributed by atoms with Crippen molar-refractivity contribution in [2.45, 2.75) is 19.5 Å². The standard InChI is InChI=1S/C21H19N5O4/c1-14(26-20(28)17-7-2-3-8-18(17)21(26)29)19(27)24-15-5-4-6-16(11-15)30-10-9-25-13-22-12-23-25/h2-8,11-14H,9-10H2,1H3,(H,24,27). The highest BCUT2D eigenvalue weighted by atomic mass is 16.5. The van der Waals surface area contributed by atoms with E-state index in [1.807, 2.05) is 0 Å². The molecule has 2 aromatic carbocycles. The lowest BCUT2D eigenvalue weighted by Crippen LogP contribution is -2.45. The molecule has 1 aromatic heterocycles. The summed E-state index contributed by atoms with van der Waals surface area (Å²) >= 11 is 0. The molecule has 0 bridgehead atoms. The van der Waals surface area contributed by atoms with Crippen molar-refractivity contribution in [3.63, 3.8) is 0 Å². The number of nitrogens with one attached hydrogen (secondary N) is 1. The van der Waals surface area contributed by atoms with Gasteiger partial charge >= 0.3 is 0 Å². The molecule has 2 heterocycles. The molecule has 3 aromatic rings. The van der Waals surface area contributed by atoms with Gasteiger partial charge in [0.1, 0.15) is 31.1 Å². The van der Waals surface area contributed by atoms with Gasteiger partial charge in [0.05, 0.1) is 17.7 Å². The number of aromatic nitrogens is 3. The molecule has 1 N–H and O–H groups in total. The molecule has 1 atom stereocenters. The molecular formula is C21H19N5O4. The van der Waals surface area contributed by atoms with Crippen LogP contribution in [0.3, 0.4) is 0 Å². The van der Waals surface area contributed by atoms with Gasteiger partial charge in [0.2, 0.25) is 5.91 Å². The summed E-state index contributed by atoms with van der Waals surface area (Å²) in [6, 6.07) is 12.5. The minimum atomic E-state index is -0.964. The lowest BCUT2D eigenvalue weighted by Gasteiger charge is -2.21. The molecule has 4 rings (SSSR count). The Balaban J connectivity index is 1.39. The van der Waals surface area contributed by atoms with Crippen molar-refractivity contribution in [3.8, 4) is 5.75 Å². The Morgan fingerprint density at radius 3 is 2.50 bits per heavy atom. The Bertz CT molecular complexity index is 1060. The van der Waals surface area contributed by atoms with E-state index in [4.69, 9.17) is 4.74 Å². The lowest BCUT2D eigenvalue weighted by atomic mass is 10.1. The third-order valence-corrected chi connectivity index (χ3v) is 4.75. The van der Waals surface area contributed by atoms with Crippen LogP contribution >= 0.6 is 0 Å². The van der Waals surface area contributed by atoms with Gasteiger partial charge in [0, 0.05) is 11.8 Å². The Morgan fingerprint density at radius 1 is 1.10 bits per heavy atom. The first-order chi connectivity index (χ1) is 14.5. The molecular weight excluding hydrogens is 386 g/mol. The summed E-state index contributed by atoms with van der Waals surface area (Å²) in [7, 11) is 0. The second kappa shape index (κ2) is 8.16. The second-order valence-electron chi connectivity index (χ2n) is 6.73. The number of amides is 3. The molecule has 30 heavy (non-hydrogen) atoms. The number of nitrogens with zero attached hydrogens (tertiary/aromatic N) is 4. The van der Waals surface area contributed by atoms with Gasteiger partial charge in [-0.2, -0.15) is 5.10 Å². The molecule has 1 aliphatic rings. The van der Waals surface area contributed by atoms with Crippen LogP contribution in [0.4, 0.5) is 5.69 Å². The Labute approximate surface area is 172 Å². The highest BCUT2D eigenvalue weighted by Gasteiger charge is 2.40. The third kappa shape index (κ3) is 3.77. The normalized spacial score (nSPS) is 13.8. The number of carbonyl (C=O) groups excluding carboxylic acids is 3. The van der Waals surface area contributed by atoms with Gasteiger partial charge in [-0.15, -0.1) is 0 Å². The molecule has 0 fully saturated rings. The number of benzene rings is 2. The summed E-state index contributed by atoms with van der Waals surface area (Å²) < 4.78 is 7.33. The van der Waals surface area contributed by atoms with Crippen LogP contribution in [0.5, 0.6) is 5.75 Å². The number of hydrogen-bond acceptors (Lipinski definition) is 6. The summed E-state index contributed by atoms with van der Waals surface area (Å²) in [6.45, 7) is 2.44. The van der Waals surface area contributed by atoms with Crippen molar-refractivity contribution in [1.82, 2.24) is 19.7 Å². The summed E-state index contributed by atoms with van der Waals surface area (Å²) in [4.78, 5) is 42.7. The van der Waals surface area contributed by atoms with E-state index in [1.54, 1.807) is 59.5 Å². The number of anilines is 1. The number of fused-ring (bicyclic) bond motifs is 1. The van der Waals surface area contributed by atoms with Crippen molar-refractivity contribution >= 4 is 23.4 Å². The SMILES string of the molecule is CC(C(=O)Nc1cccc(OCCn2cncn2)c1)N1C(=O)c2ccccc2C1=O. The molecule has 3 amide bonds. The van der Waals surface area contributed by atoms with Crippen LogP contribution in [0, 0.1) is 0 Å². The maximum absolute atomic E-state index is 12.7. The zero-order chi connectivity index (χ0) is 21.1. The maximum Gasteiger partial charge on any atom is 0.262 e. The number of imide groups is 1. The summed E-state index contributed by atoms with van der Waals surface area (Å²) in [5, 5.41) is 6.74. The van der Waals surface area contributed by atoms with Gasteiger partial charge in [-0.05, 0) is 31.2 Å². The molecule has 9 nitrogen and oxygen atoms in total. The fourth-order valence-corrected chi connectivity index (χ4v) is 3.19. The Morgan fingerprint density at radius 2 is 1.83 bits per heavy atom. The van der Waals surface area contributed by atoms with Gasteiger partial charge in [0.25, 0.3) is 11.8 Å². The fraction of sp³-hybridized carbons (Fsp3) is 0.190. The van der Waals surface area contributed by atoms with Crippen LogP contribution in [0.25, 0.3) is 0 Å². The van der Waals surface area contributed by atoms with Crippen molar-refractivity contribution in [2.75, 3.05) is 11.9 Å². The molecule has 1 aliphatic heterocycles. The van der Waals surface area contributed by atoms with E-state index in [1.165, 1.54) is 13.3 Å². The molecule has 9 heteroatoms. The Kier molecular flexibility index (Phi) is 5.25. The summed E-state index contributed by atoms with van der Waals surface area (Å²) in [6.07, 6.45) is 3.05. The van der Waals surface area contributed by atoms with E-state index in [9.17, 15) is 14.4 Å². The predicted molar refractivity (Wildman–Crippen MR) is 107 cm³/mol. The molecule has 1 unspecified atom stereocenters. The quantitative estimate of drug-likeness (QED) is 0.603. The maximum atomic E-state index is 12.7. The van der Waals surface area contributed by atoms with Crippen molar-refractivity contribution in [2.24, 2.45) is 0 Å². The topological polar surface area (TPSA) is 106 Å². The number of ether oxygens (including phenoxy) is 1. The minimum absolute atomic E-state index is 0.310. The molecule has 0 aliphatic carbocycles. The number of hydrogen-bond donors (Lipinski definition) is 1. The molecule has 0 saturated carbocycles. The van der Waals surface area contributed by atoms with Crippen LogP contribution in [0.15, 0.2) is 61.2 Å². The second-order valence-corrected chi connectivity index (χ2v) is 6.73. The zero-order valence-corrected chi connectivity index (χ0v) is 16.2. The highest BCUT2D eigenvalue weighted by Crippen LogP contribution is 2.25. The minimum Gasteiger partial charge on any atom is -0.492 e. The van der Waals surface area contributed by atoms with Crippen molar-refractivity contribution in [1.29, 1.82) is 0 Å². The van der Waals surface area contributed by atoms with Gasteiger partial charge < -0.3 is 10.1 Å². The van der Waals surface area contributed by atoms with E-state index < -0.39 is 23.8 Å². The third-order valence-electron chi connectivity index (χ3n) is 4.75. The predicted octanol–water partition coefficient (Wildman–Crippen LogP) is 1.98. The number of rotatable bonds is 7. The zero-order valence-electron chi connectivity index (χ0n) is 16.2. The average molecular weight is 405 g/mol. The van der Waals surface area contributed by atoms with Crippen LogP contribution in [0.2, 0.25) is 0 Å². The smallest absolute Gasteiger partial charge is 0.262 e. The molecule has 0 radical (unpaired) electrons.